The Balaban J connectivity index is 2.53. The van der Waals surface area contributed by atoms with Gasteiger partial charge >= 0.3 is 5.97 Å². The molecule has 0 N–H and O–H groups in total. The fourth-order valence-corrected chi connectivity index (χ4v) is 1.31. The first-order valence-corrected chi connectivity index (χ1v) is 5.06. The van der Waals surface area contributed by atoms with E-state index in [-0.39, 0.29) is 6.61 Å². The van der Waals surface area contributed by atoms with Gasteiger partial charge in [0, 0.05) is 10.6 Å². The van der Waals surface area contributed by atoms with E-state index >= 15 is 0 Å². The Hall–Kier alpha value is -1.26. The Morgan fingerprint density at radius 3 is 2.88 bits per heavy atom. The molecule has 0 atom stereocenters. The summed E-state index contributed by atoms with van der Waals surface area (Å²) in [7, 11) is 1.27. The summed E-state index contributed by atoms with van der Waals surface area (Å²) in [5, 5.41) is 4.56. The molecule has 4 nitrogen and oxygen atoms in total. The summed E-state index contributed by atoms with van der Waals surface area (Å²) in [6, 6.07) is 4.95. The van der Waals surface area contributed by atoms with Crippen LogP contribution in [0.15, 0.2) is 23.4 Å². The molecule has 0 radical (unpaired) electrons. The molecule has 6 heteroatoms. The lowest BCUT2D eigenvalue weighted by atomic mass is 10.2. The van der Waals surface area contributed by atoms with Crippen LogP contribution >= 0.6 is 23.2 Å². The van der Waals surface area contributed by atoms with Crippen molar-refractivity contribution >= 4 is 35.4 Å². The van der Waals surface area contributed by atoms with Gasteiger partial charge < -0.3 is 9.57 Å². The van der Waals surface area contributed by atoms with Gasteiger partial charge in [-0.15, -0.1) is 0 Å². The fraction of sp³-hybridized carbons (Fsp3) is 0.200. The lowest BCUT2D eigenvalue weighted by Gasteiger charge is -1.99. The van der Waals surface area contributed by atoms with Crippen LogP contribution in [-0.2, 0) is 14.4 Å². The van der Waals surface area contributed by atoms with Gasteiger partial charge in [-0.2, -0.15) is 0 Å². The van der Waals surface area contributed by atoms with Crippen LogP contribution in [0.2, 0.25) is 10.0 Å². The maximum Gasteiger partial charge on any atom is 0.346 e. The number of halogens is 2. The second kappa shape index (κ2) is 6.35. The molecule has 0 aliphatic heterocycles. The van der Waals surface area contributed by atoms with Gasteiger partial charge in [-0.05, 0) is 12.1 Å². The summed E-state index contributed by atoms with van der Waals surface area (Å²) in [4.78, 5) is 15.3. The van der Waals surface area contributed by atoms with Crippen molar-refractivity contribution in [3.63, 3.8) is 0 Å². The number of esters is 1. The molecule has 0 saturated heterocycles. The van der Waals surface area contributed by atoms with Gasteiger partial charge in [-0.25, -0.2) is 4.79 Å². The molecule has 1 rings (SSSR count). The highest BCUT2D eigenvalue weighted by molar-refractivity contribution is 6.36. The zero-order valence-electron chi connectivity index (χ0n) is 8.44. The van der Waals surface area contributed by atoms with Gasteiger partial charge in [0.15, 0.2) is 0 Å². The van der Waals surface area contributed by atoms with Crippen LogP contribution in [0.5, 0.6) is 0 Å². The van der Waals surface area contributed by atoms with Gasteiger partial charge in [0.2, 0.25) is 6.61 Å². The monoisotopic (exact) mass is 261 g/mol. The molecule has 0 spiro atoms. The molecule has 0 aromatic heterocycles. The molecule has 0 bridgehead atoms. The Morgan fingerprint density at radius 1 is 1.50 bits per heavy atom. The summed E-state index contributed by atoms with van der Waals surface area (Å²) in [6.45, 7) is -0.238. The van der Waals surface area contributed by atoms with E-state index in [1.165, 1.54) is 13.3 Å². The third-order valence-corrected chi connectivity index (χ3v) is 2.20. The SMILES string of the molecule is COC(=O)CON=Cc1ccc(Cl)cc1Cl. The van der Waals surface area contributed by atoms with E-state index in [4.69, 9.17) is 23.2 Å². The van der Waals surface area contributed by atoms with Crippen molar-refractivity contribution in [3.8, 4) is 0 Å². The molecular formula is C10H9Cl2NO3. The maximum atomic E-state index is 10.7. The van der Waals surface area contributed by atoms with Gasteiger partial charge in [-0.1, -0.05) is 34.4 Å². The zero-order chi connectivity index (χ0) is 12.0. The van der Waals surface area contributed by atoms with Crippen molar-refractivity contribution in [2.24, 2.45) is 5.16 Å². The minimum Gasteiger partial charge on any atom is -0.466 e. The summed E-state index contributed by atoms with van der Waals surface area (Å²) >= 11 is 11.6. The van der Waals surface area contributed by atoms with Crippen molar-refractivity contribution in [1.82, 2.24) is 0 Å². The first-order valence-electron chi connectivity index (χ1n) is 4.30. The molecule has 16 heavy (non-hydrogen) atoms. The summed E-state index contributed by atoms with van der Waals surface area (Å²) in [5.74, 6) is -0.501. The molecule has 0 aliphatic carbocycles. The number of hydrogen-bond acceptors (Lipinski definition) is 4. The topological polar surface area (TPSA) is 47.9 Å². The van der Waals surface area contributed by atoms with E-state index in [2.05, 4.69) is 14.7 Å². The van der Waals surface area contributed by atoms with E-state index in [1.807, 2.05) is 0 Å². The van der Waals surface area contributed by atoms with Crippen LogP contribution in [0, 0.1) is 0 Å². The third kappa shape index (κ3) is 4.08. The number of carbonyl (C=O) groups is 1. The molecule has 86 valence electrons. The highest BCUT2D eigenvalue weighted by atomic mass is 35.5. The first-order chi connectivity index (χ1) is 7.63. The highest BCUT2D eigenvalue weighted by Gasteiger charge is 2.00. The summed E-state index contributed by atoms with van der Waals surface area (Å²) in [6.07, 6.45) is 1.39. The van der Waals surface area contributed by atoms with Crippen LogP contribution < -0.4 is 0 Å². The van der Waals surface area contributed by atoms with Crippen LogP contribution in [-0.4, -0.2) is 25.9 Å². The average Bonchev–Trinajstić information content (AvgIpc) is 2.26. The third-order valence-electron chi connectivity index (χ3n) is 1.64. The zero-order valence-corrected chi connectivity index (χ0v) is 9.96. The number of carbonyl (C=O) groups excluding carboxylic acids is 1. The molecule has 0 heterocycles. The molecule has 0 fully saturated rings. The smallest absolute Gasteiger partial charge is 0.346 e. The number of rotatable bonds is 4. The quantitative estimate of drug-likeness (QED) is 0.476. The highest BCUT2D eigenvalue weighted by Crippen LogP contribution is 2.19. The number of hydrogen-bond donors (Lipinski definition) is 0. The Kier molecular flexibility index (Phi) is 5.08. The van der Waals surface area contributed by atoms with Crippen LogP contribution in [0.3, 0.4) is 0 Å². The predicted octanol–water partition coefficient (Wildman–Crippen LogP) is 2.52. The molecule has 1 aromatic carbocycles. The molecule has 0 amide bonds. The number of nitrogens with zero attached hydrogens (tertiary/aromatic N) is 1. The summed E-state index contributed by atoms with van der Waals surface area (Å²) < 4.78 is 4.36. The van der Waals surface area contributed by atoms with Crippen molar-refractivity contribution in [2.45, 2.75) is 0 Å². The molecule has 0 saturated carbocycles. The predicted molar refractivity (Wildman–Crippen MR) is 62.0 cm³/mol. The Morgan fingerprint density at radius 2 is 2.25 bits per heavy atom. The second-order valence-corrected chi connectivity index (χ2v) is 3.59. The molecule has 0 aliphatic rings. The van der Waals surface area contributed by atoms with Gasteiger partial charge in [-0.3, -0.25) is 0 Å². The van der Waals surface area contributed by atoms with Crippen LogP contribution in [0.4, 0.5) is 0 Å². The number of oxime groups is 1. The van der Waals surface area contributed by atoms with Crippen molar-refractivity contribution < 1.29 is 14.4 Å². The molecule has 1 aromatic rings. The lowest BCUT2D eigenvalue weighted by Crippen LogP contribution is -2.07. The van der Waals surface area contributed by atoms with E-state index < -0.39 is 5.97 Å². The Labute approximate surface area is 103 Å². The second-order valence-electron chi connectivity index (χ2n) is 2.75. The average molecular weight is 262 g/mol. The summed E-state index contributed by atoms with van der Waals surface area (Å²) in [5.41, 5.74) is 0.649. The Bertz CT molecular complexity index is 407. The molecule has 0 unspecified atom stereocenters. The van der Waals surface area contributed by atoms with Crippen LogP contribution in [0.25, 0.3) is 0 Å². The fourth-order valence-electron chi connectivity index (χ4n) is 0.849. The van der Waals surface area contributed by atoms with E-state index in [1.54, 1.807) is 18.2 Å². The van der Waals surface area contributed by atoms with E-state index in [9.17, 15) is 4.79 Å². The lowest BCUT2D eigenvalue weighted by molar-refractivity contribution is -0.145. The van der Waals surface area contributed by atoms with Gasteiger partial charge in [0.05, 0.1) is 18.3 Å². The van der Waals surface area contributed by atoms with Crippen LogP contribution in [0.1, 0.15) is 5.56 Å². The first kappa shape index (κ1) is 12.8. The van der Waals surface area contributed by atoms with Gasteiger partial charge in [0.1, 0.15) is 0 Å². The van der Waals surface area contributed by atoms with Crippen molar-refractivity contribution in [2.75, 3.05) is 13.7 Å². The van der Waals surface area contributed by atoms with Crippen molar-refractivity contribution in [3.05, 3.63) is 33.8 Å². The van der Waals surface area contributed by atoms with Gasteiger partial charge in [0.25, 0.3) is 0 Å². The van der Waals surface area contributed by atoms with Crippen molar-refractivity contribution in [1.29, 1.82) is 0 Å². The number of ether oxygens (including phenoxy) is 1. The number of methoxy groups -OCH3 is 1. The maximum absolute atomic E-state index is 10.7. The standard InChI is InChI=1S/C10H9Cl2NO3/c1-15-10(14)6-16-13-5-7-2-3-8(11)4-9(7)12/h2-5H,6H2,1H3. The number of benzene rings is 1. The minimum atomic E-state index is -0.501. The molecular weight excluding hydrogens is 253 g/mol. The largest absolute Gasteiger partial charge is 0.466 e. The van der Waals surface area contributed by atoms with E-state index in [0.717, 1.165) is 0 Å². The minimum absolute atomic E-state index is 0.238. The van der Waals surface area contributed by atoms with E-state index in [0.29, 0.717) is 15.6 Å². The normalized spacial score (nSPS) is 10.4.